The molecule has 0 fully saturated rings. The standard InChI is InChI=1S/C12H13N3/c1-10-7-14-6-4-12(10)15-9-11-3-2-5-13-8-11/h2-8H,9H2,1H3,(H,14,15). The number of hydrogen-bond donors (Lipinski definition) is 1. The molecule has 0 atom stereocenters. The Hall–Kier alpha value is -1.90. The molecular formula is C12H13N3. The third kappa shape index (κ3) is 2.53. The van der Waals surface area contributed by atoms with Crippen LogP contribution in [0.4, 0.5) is 5.69 Å². The van der Waals surface area contributed by atoms with Crippen LogP contribution in [0.3, 0.4) is 0 Å². The van der Waals surface area contributed by atoms with Crippen LogP contribution in [0.2, 0.25) is 0 Å². The third-order valence-corrected chi connectivity index (χ3v) is 2.23. The van der Waals surface area contributed by atoms with E-state index in [-0.39, 0.29) is 0 Å². The van der Waals surface area contributed by atoms with Gasteiger partial charge in [-0.25, -0.2) is 0 Å². The molecule has 1 N–H and O–H groups in total. The highest BCUT2D eigenvalue weighted by atomic mass is 14.9. The molecule has 0 aromatic carbocycles. The number of rotatable bonds is 3. The molecule has 0 radical (unpaired) electrons. The average Bonchev–Trinajstić information content (AvgIpc) is 2.29. The number of pyridine rings is 2. The molecule has 0 amide bonds. The highest BCUT2D eigenvalue weighted by molar-refractivity contribution is 5.48. The second kappa shape index (κ2) is 4.55. The first-order chi connectivity index (χ1) is 7.36. The van der Waals surface area contributed by atoms with Crippen molar-refractivity contribution in [3.8, 4) is 0 Å². The van der Waals surface area contributed by atoms with Crippen molar-refractivity contribution < 1.29 is 0 Å². The zero-order valence-corrected chi connectivity index (χ0v) is 8.64. The Labute approximate surface area is 89.2 Å². The Kier molecular flexibility index (Phi) is 2.93. The van der Waals surface area contributed by atoms with Crippen molar-refractivity contribution in [2.45, 2.75) is 13.5 Å². The number of aryl methyl sites for hydroxylation is 1. The number of nitrogens with one attached hydrogen (secondary N) is 1. The Bertz CT molecular complexity index is 426. The summed E-state index contributed by atoms with van der Waals surface area (Å²) in [6.45, 7) is 2.83. The molecule has 0 unspecified atom stereocenters. The molecule has 15 heavy (non-hydrogen) atoms. The summed E-state index contributed by atoms with van der Waals surface area (Å²) in [6.07, 6.45) is 7.29. The van der Waals surface area contributed by atoms with Gasteiger partial charge in [-0.3, -0.25) is 9.97 Å². The lowest BCUT2D eigenvalue weighted by Crippen LogP contribution is -2.01. The van der Waals surface area contributed by atoms with E-state index >= 15 is 0 Å². The van der Waals surface area contributed by atoms with Gasteiger partial charge in [0.1, 0.15) is 0 Å². The minimum atomic E-state index is 0.790. The molecule has 2 heterocycles. The lowest BCUT2D eigenvalue weighted by atomic mass is 10.2. The van der Waals surface area contributed by atoms with Crippen LogP contribution in [0, 0.1) is 6.92 Å². The predicted molar refractivity (Wildman–Crippen MR) is 60.5 cm³/mol. The highest BCUT2D eigenvalue weighted by Gasteiger charge is 1.96. The monoisotopic (exact) mass is 199 g/mol. The second-order valence-corrected chi connectivity index (χ2v) is 3.41. The molecule has 0 aliphatic carbocycles. The molecule has 0 saturated heterocycles. The fourth-order valence-corrected chi connectivity index (χ4v) is 1.37. The number of aromatic nitrogens is 2. The molecule has 0 aliphatic rings. The first kappa shape index (κ1) is 9.65. The van der Waals surface area contributed by atoms with Crippen molar-refractivity contribution in [2.24, 2.45) is 0 Å². The SMILES string of the molecule is Cc1cnccc1NCc1cccnc1. The molecule has 2 aromatic heterocycles. The molecule has 0 bridgehead atoms. The van der Waals surface area contributed by atoms with Gasteiger partial charge in [-0.05, 0) is 30.2 Å². The van der Waals surface area contributed by atoms with E-state index in [9.17, 15) is 0 Å². The average molecular weight is 199 g/mol. The van der Waals surface area contributed by atoms with Gasteiger partial charge in [-0.15, -0.1) is 0 Å². The fourth-order valence-electron chi connectivity index (χ4n) is 1.37. The van der Waals surface area contributed by atoms with E-state index in [0.29, 0.717) is 0 Å². The van der Waals surface area contributed by atoms with Crippen molar-refractivity contribution in [2.75, 3.05) is 5.32 Å². The maximum absolute atomic E-state index is 4.07. The summed E-state index contributed by atoms with van der Waals surface area (Å²) in [5.41, 5.74) is 3.45. The molecule has 2 aromatic rings. The normalized spacial score (nSPS) is 9.93. The number of hydrogen-bond acceptors (Lipinski definition) is 3. The molecule has 0 aliphatic heterocycles. The molecule has 3 nitrogen and oxygen atoms in total. The van der Waals surface area contributed by atoms with Crippen LogP contribution < -0.4 is 5.32 Å². The Balaban J connectivity index is 2.03. The molecule has 76 valence electrons. The third-order valence-electron chi connectivity index (χ3n) is 2.23. The van der Waals surface area contributed by atoms with Crippen LogP contribution in [-0.4, -0.2) is 9.97 Å². The molecule has 0 saturated carbocycles. The molecule has 0 spiro atoms. The number of anilines is 1. The van der Waals surface area contributed by atoms with Gasteiger partial charge < -0.3 is 5.32 Å². The highest BCUT2D eigenvalue weighted by Crippen LogP contribution is 2.12. The smallest absolute Gasteiger partial charge is 0.0416 e. The van der Waals surface area contributed by atoms with Gasteiger partial charge in [-0.1, -0.05) is 6.07 Å². The molecule has 2 rings (SSSR count). The van der Waals surface area contributed by atoms with Gasteiger partial charge in [0.2, 0.25) is 0 Å². The minimum Gasteiger partial charge on any atom is -0.381 e. The fraction of sp³-hybridized carbons (Fsp3) is 0.167. The van der Waals surface area contributed by atoms with Crippen LogP contribution in [0.15, 0.2) is 43.0 Å². The van der Waals surface area contributed by atoms with Crippen molar-refractivity contribution in [3.63, 3.8) is 0 Å². The summed E-state index contributed by atoms with van der Waals surface area (Å²) in [5, 5.41) is 3.35. The maximum atomic E-state index is 4.07. The largest absolute Gasteiger partial charge is 0.381 e. The summed E-state index contributed by atoms with van der Waals surface area (Å²) >= 11 is 0. The maximum Gasteiger partial charge on any atom is 0.0416 e. The summed E-state index contributed by atoms with van der Waals surface area (Å²) in [7, 11) is 0. The minimum absolute atomic E-state index is 0.790. The second-order valence-electron chi connectivity index (χ2n) is 3.41. The van der Waals surface area contributed by atoms with Crippen LogP contribution in [0.25, 0.3) is 0 Å². The van der Waals surface area contributed by atoms with Crippen molar-refractivity contribution >= 4 is 5.69 Å². The quantitative estimate of drug-likeness (QED) is 0.824. The van der Waals surface area contributed by atoms with Crippen molar-refractivity contribution in [3.05, 3.63) is 54.1 Å². The van der Waals surface area contributed by atoms with Gasteiger partial charge >= 0.3 is 0 Å². The summed E-state index contributed by atoms with van der Waals surface area (Å²) in [6, 6.07) is 5.97. The van der Waals surface area contributed by atoms with Gasteiger partial charge in [0.05, 0.1) is 0 Å². The van der Waals surface area contributed by atoms with E-state index in [0.717, 1.165) is 17.8 Å². The van der Waals surface area contributed by atoms with Crippen molar-refractivity contribution in [1.29, 1.82) is 0 Å². The van der Waals surface area contributed by atoms with E-state index in [1.54, 1.807) is 12.4 Å². The van der Waals surface area contributed by atoms with E-state index in [4.69, 9.17) is 0 Å². The van der Waals surface area contributed by atoms with Crippen LogP contribution >= 0.6 is 0 Å². The number of nitrogens with zero attached hydrogens (tertiary/aromatic N) is 2. The Morgan fingerprint density at radius 1 is 1.13 bits per heavy atom. The Morgan fingerprint density at radius 2 is 2.00 bits per heavy atom. The zero-order valence-electron chi connectivity index (χ0n) is 8.64. The summed E-state index contributed by atoms with van der Waals surface area (Å²) in [5.74, 6) is 0. The first-order valence-electron chi connectivity index (χ1n) is 4.89. The van der Waals surface area contributed by atoms with E-state index < -0.39 is 0 Å². The van der Waals surface area contributed by atoms with Gasteiger partial charge in [0, 0.05) is 37.0 Å². The first-order valence-corrected chi connectivity index (χ1v) is 4.89. The van der Waals surface area contributed by atoms with Gasteiger partial charge in [0.15, 0.2) is 0 Å². The van der Waals surface area contributed by atoms with E-state index in [1.165, 1.54) is 5.56 Å². The molecular weight excluding hydrogens is 186 g/mol. The predicted octanol–water partition coefficient (Wildman–Crippen LogP) is 2.40. The summed E-state index contributed by atoms with van der Waals surface area (Å²) < 4.78 is 0. The lowest BCUT2D eigenvalue weighted by Gasteiger charge is -2.08. The van der Waals surface area contributed by atoms with Gasteiger partial charge in [-0.2, -0.15) is 0 Å². The zero-order chi connectivity index (χ0) is 10.5. The lowest BCUT2D eigenvalue weighted by molar-refractivity contribution is 1.10. The van der Waals surface area contributed by atoms with Crippen LogP contribution in [0.1, 0.15) is 11.1 Å². The van der Waals surface area contributed by atoms with Crippen molar-refractivity contribution in [1.82, 2.24) is 9.97 Å². The van der Waals surface area contributed by atoms with E-state index in [1.807, 2.05) is 31.5 Å². The topological polar surface area (TPSA) is 37.8 Å². The molecule has 3 heteroatoms. The van der Waals surface area contributed by atoms with E-state index in [2.05, 4.69) is 21.4 Å². The summed E-state index contributed by atoms with van der Waals surface area (Å²) in [4.78, 5) is 8.11. The van der Waals surface area contributed by atoms with Crippen LogP contribution in [-0.2, 0) is 6.54 Å². The van der Waals surface area contributed by atoms with Crippen LogP contribution in [0.5, 0.6) is 0 Å². The van der Waals surface area contributed by atoms with Gasteiger partial charge in [0.25, 0.3) is 0 Å². The Morgan fingerprint density at radius 3 is 2.73 bits per heavy atom.